The lowest BCUT2D eigenvalue weighted by Crippen LogP contribution is -2.29. The van der Waals surface area contributed by atoms with Crippen molar-refractivity contribution in [3.63, 3.8) is 0 Å². The fourth-order valence-electron chi connectivity index (χ4n) is 5.35. The van der Waals surface area contributed by atoms with Gasteiger partial charge in [0.2, 0.25) is 0 Å². The summed E-state index contributed by atoms with van der Waals surface area (Å²) in [5.74, 6) is 1.90. The second-order valence-corrected chi connectivity index (χ2v) is 9.76. The van der Waals surface area contributed by atoms with Crippen LogP contribution in [-0.2, 0) is 6.61 Å². The molecule has 4 aromatic carbocycles. The Morgan fingerprint density at radius 2 is 1.72 bits per heavy atom. The molecule has 0 saturated heterocycles. The van der Waals surface area contributed by atoms with Crippen molar-refractivity contribution in [2.45, 2.75) is 31.9 Å². The number of aliphatic imine (C=N–C) groups is 1. The Balaban J connectivity index is 1.11. The number of benzene rings is 4. The van der Waals surface area contributed by atoms with Crippen molar-refractivity contribution in [2.75, 3.05) is 5.32 Å². The van der Waals surface area contributed by atoms with Crippen LogP contribution in [0.2, 0.25) is 0 Å². The second kappa shape index (κ2) is 9.87. The highest BCUT2D eigenvalue weighted by Crippen LogP contribution is 2.50. The summed E-state index contributed by atoms with van der Waals surface area (Å²) in [7, 11) is 0. The molecule has 1 aliphatic heterocycles. The average molecular weight is 471 g/mol. The highest BCUT2D eigenvalue weighted by molar-refractivity contribution is 5.82. The van der Waals surface area contributed by atoms with Crippen molar-refractivity contribution in [2.24, 2.45) is 10.9 Å². The second-order valence-electron chi connectivity index (χ2n) is 9.76. The van der Waals surface area contributed by atoms with Crippen molar-refractivity contribution < 1.29 is 4.74 Å². The number of anilines is 1. The number of nitrogens with one attached hydrogen (secondary N) is 1. The maximum absolute atomic E-state index is 5.88. The number of ether oxygens (including phenoxy) is 1. The fraction of sp³-hybridized carbons (Fsp3) is 0.182. The Labute approximate surface area is 213 Å². The minimum absolute atomic E-state index is 0.307. The van der Waals surface area contributed by atoms with E-state index < -0.39 is 0 Å². The standard InChI is InChI=1S/C33H30N2O/c1-23-10-19-32-31(20-23)29-8-5-9-30(29)33(35-32)26-13-15-27(16-14-26)34-21-24-11-17-28(18-12-24)36-22-25-6-3-2-4-7-25/h2-8,10-21,29-30,33,35H,9,22H2,1H3/t29-,30+,33+/m1/s1. The molecule has 0 spiro atoms. The minimum atomic E-state index is 0.307. The van der Waals surface area contributed by atoms with Crippen LogP contribution in [0.25, 0.3) is 0 Å². The molecule has 2 aliphatic rings. The molecule has 0 amide bonds. The summed E-state index contributed by atoms with van der Waals surface area (Å²) in [6, 6.07) is 34.0. The molecule has 3 heteroatoms. The van der Waals surface area contributed by atoms with Crippen LogP contribution in [-0.4, -0.2) is 6.21 Å². The summed E-state index contributed by atoms with van der Waals surface area (Å²) in [6.07, 6.45) is 7.76. The number of hydrogen-bond acceptors (Lipinski definition) is 3. The molecule has 178 valence electrons. The number of nitrogens with zero attached hydrogens (tertiary/aromatic N) is 1. The zero-order valence-corrected chi connectivity index (χ0v) is 20.5. The molecule has 0 unspecified atom stereocenters. The number of allylic oxidation sites excluding steroid dienone is 2. The van der Waals surface area contributed by atoms with Crippen molar-refractivity contribution in [3.05, 3.63) is 137 Å². The topological polar surface area (TPSA) is 33.6 Å². The van der Waals surface area contributed by atoms with E-state index in [1.54, 1.807) is 0 Å². The number of hydrogen-bond donors (Lipinski definition) is 1. The third kappa shape index (κ3) is 4.70. The largest absolute Gasteiger partial charge is 0.489 e. The van der Waals surface area contributed by atoms with E-state index in [1.165, 1.54) is 22.4 Å². The normalized spacial score (nSPS) is 20.1. The first-order valence-electron chi connectivity index (χ1n) is 12.7. The van der Waals surface area contributed by atoms with Gasteiger partial charge in [-0.2, -0.15) is 0 Å². The van der Waals surface area contributed by atoms with E-state index in [1.807, 2.05) is 48.7 Å². The molecule has 0 saturated carbocycles. The molecular formula is C33H30N2O. The maximum Gasteiger partial charge on any atom is 0.119 e. The molecule has 1 N–H and O–H groups in total. The summed E-state index contributed by atoms with van der Waals surface area (Å²) in [5.41, 5.74) is 8.50. The Hall–Kier alpha value is -4.11. The minimum Gasteiger partial charge on any atom is -0.489 e. The first-order valence-corrected chi connectivity index (χ1v) is 12.7. The molecule has 3 atom stereocenters. The quantitative estimate of drug-likeness (QED) is 0.228. The molecule has 0 fully saturated rings. The van der Waals surface area contributed by atoms with Gasteiger partial charge in [-0.25, -0.2) is 0 Å². The predicted molar refractivity (Wildman–Crippen MR) is 148 cm³/mol. The molecule has 1 heterocycles. The summed E-state index contributed by atoms with van der Waals surface area (Å²) >= 11 is 0. The molecule has 4 aromatic rings. The van der Waals surface area contributed by atoms with Gasteiger partial charge in [0.25, 0.3) is 0 Å². The average Bonchev–Trinajstić information content (AvgIpc) is 3.43. The van der Waals surface area contributed by atoms with Crippen LogP contribution >= 0.6 is 0 Å². The van der Waals surface area contributed by atoms with E-state index in [0.717, 1.165) is 29.0 Å². The molecule has 0 radical (unpaired) electrons. The van der Waals surface area contributed by atoms with Gasteiger partial charge in [-0.05, 0) is 84.0 Å². The van der Waals surface area contributed by atoms with Gasteiger partial charge in [0, 0.05) is 17.8 Å². The van der Waals surface area contributed by atoms with Crippen LogP contribution in [0.15, 0.2) is 114 Å². The Morgan fingerprint density at radius 1 is 0.917 bits per heavy atom. The number of aryl methyl sites for hydroxylation is 1. The van der Waals surface area contributed by atoms with Crippen molar-refractivity contribution in [3.8, 4) is 5.75 Å². The molecule has 1 aliphatic carbocycles. The van der Waals surface area contributed by atoms with Crippen molar-refractivity contribution in [1.29, 1.82) is 0 Å². The lowest BCUT2D eigenvalue weighted by Gasteiger charge is -2.37. The first-order chi connectivity index (χ1) is 17.7. The van der Waals surface area contributed by atoms with Gasteiger partial charge in [0.1, 0.15) is 12.4 Å². The van der Waals surface area contributed by atoms with Gasteiger partial charge in [-0.15, -0.1) is 0 Å². The van der Waals surface area contributed by atoms with Gasteiger partial charge in [-0.1, -0.05) is 72.3 Å². The number of fused-ring (bicyclic) bond motifs is 3. The molecular weight excluding hydrogens is 440 g/mol. The Kier molecular flexibility index (Phi) is 6.13. The highest BCUT2D eigenvalue weighted by Gasteiger charge is 2.37. The van der Waals surface area contributed by atoms with Crippen LogP contribution in [0.4, 0.5) is 11.4 Å². The van der Waals surface area contributed by atoms with Gasteiger partial charge >= 0.3 is 0 Å². The van der Waals surface area contributed by atoms with Crippen LogP contribution in [0, 0.1) is 12.8 Å². The van der Waals surface area contributed by atoms with Gasteiger partial charge in [0.05, 0.1) is 11.7 Å². The van der Waals surface area contributed by atoms with Gasteiger partial charge < -0.3 is 10.1 Å². The molecule has 6 rings (SSSR count). The van der Waals surface area contributed by atoms with E-state index in [9.17, 15) is 0 Å². The Morgan fingerprint density at radius 3 is 2.53 bits per heavy atom. The summed E-state index contributed by atoms with van der Waals surface area (Å²) in [4.78, 5) is 4.70. The maximum atomic E-state index is 5.88. The van der Waals surface area contributed by atoms with Gasteiger partial charge in [0.15, 0.2) is 0 Å². The third-order valence-electron chi connectivity index (χ3n) is 7.26. The van der Waals surface area contributed by atoms with Crippen LogP contribution < -0.4 is 10.1 Å². The monoisotopic (exact) mass is 470 g/mol. The summed E-state index contributed by atoms with van der Waals surface area (Å²) in [6.45, 7) is 2.74. The third-order valence-corrected chi connectivity index (χ3v) is 7.26. The predicted octanol–water partition coefficient (Wildman–Crippen LogP) is 8.15. The Bertz CT molecular complexity index is 1390. The smallest absolute Gasteiger partial charge is 0.119 e. The van der Waals surface area contributed by atoms with Crippen LogP contribution in [0.5, 0.6) is 5.75 Å². The van der Waals surface area contributed by atoms with Gasteiger partial charge in [-0.3, -0.25) is 4.99 Å². The highest BCUT2D eigenvalue weighted by atomic mass is 16.5. The van der Waals surface area contributed by atoms with Crippen molar-refractivity contribution >= 4 is 17.6 Å². The molecule has 0 bridgehead atoms. The van der Waals surface area contributed by atoms with Crippen LogP contribution in [0.3, 0.4) is 0 Å². The van der Waals surface area contributed by atoms with E-state index >= 15 is 0 Å². The lowest BCUT2D eigenvalue weighted by atomic mass is 9.76. The lowest BCUT2D eigenvalue weighted by molar-refractivity contribution is 0.306. The van der Waals surface area contributed by atoms with Crippen LogP contribution in [0.1, 0.15) is 46.2 Å². The molecule has 36 heavy (non-hydrogen) atoms. The zero-order valence-electron chi connectivity index (χ0n) is 20.5. The SMILES string of the molecule is Cc1ccc2c(c1)[C@@H]1C=CC[C@@H]1[C@H](c1ccc(N=Cc3ccc(OCc4ccccc4)cc3)cc1)N2. The fourth-order valence-corrected chi connectivity index (χ4v) is 5.35. The summed E-state index contributed by atoms with van der Waals surface area (Å²) < 4.78 is 5.88. The molecule has 3 nitrogen and oxygen atoms in total. The van der Waals surface area contributed by atoms with E-state index in [2.05, 4.69) is 79.0 Å². The first kappa shape index (κ1) is 22.4. The van der Waals surface area contributed by atoms with Crippen molar-refractivity contribution in [1.82, 2.24) is 0 Å². The van der Waals surface area contributed by atoms with E-state index in [0.29, 0.717) is 24.5 Å². The van der Waals surface area contributed by atoms with E-state index in [-0.39, 0.29) is 0 Å². The number of rotatable bonds is 6. The zero-order chi connectivity index (χ0) is 24.3. The summed E-state index contributed by atoms with van der Waals surface area (Å²) in [5, 5.41) is 3.82. The van der Waals surface area contributed by atoms with E-state index in [4.69, 9.17) is 9.73 Å². The molecule has 0 aromatic heterocycles.